The van der Waals surface area contributed by atoms with Gasteiger partial charge in [-0.2, -0.15) is 0 Å². The van der Waals surface area contributed by atoms with Gasteiger partial charge in [-0.05, 0) is 47.0 Å². The number of hydrogen-bond acceptors (Lipinski definition) is 2. The lowest BCUT2D eigenvalue weighted by Gasteiger charge is -2.32. The third-order valence-electron chi connectivity index (χ3n) is 3.27. The molecule has 2 N–H and O–H groups in total. The van der Waals surface area contributed by atoms with Crippen LogP contribution in [0.15, 0.2) is 22.7 Å². The quantitative estimate of drug-likeness (QED) is 0.823. The minimum atomic E-state index is -0.0321. The van der Waals surface area contributed by atoms with Crippen molar-refractivity contribution in [2.24, 2.45) is 11.7 Å². The van der Waals surface area contributed by atoms with E-state index in [-0.39, 0.29) is 11.8 Å². The van der Waals surface area contributed by atoms with Crippen LogP contribution in [-0.2, 0) is 0 Å². The molecule has 1 aliphatic heterocycles. The van der Waals surface area contributed by atoms with E-state index in [4.69, 9.17) is 29.6 Å². The van der Waals surface area contributed by atoms with Gasteiger partial charge < -0.3 is 10.6 Å². The van der Waals surface area contributed by atoms with Crippen molar-refractivity contribution in [3.63, 3.8) is 0 Å². The molecule has 0 aromatic heterocycles. The van der Waals surface area contributed by atoms with Crippen LogP contribution < -0.4 is 5.73 Å². The first-order valence-corrected chi connectivity index (χ1v) is 7.60. The number of likely N-dealkylation sites (tertiary alicyclic amines) is 1. The Labute approximate surface area is 131 Å². The Balaban J connectivity index is 2.19. The van der Waals surface area contributed by atoms with Crippen LogP contribution in [0.2, 0.25) is 5.02 Å². The van der Waals surface area contributed by atoms with E-state index in [0.717, 1.165) is 23.9 Å². The van der Waals surface area contributed by atoms with Crippen LogP contribution in [0.1, 0.15) is 23.2 Å². The summed E-state index contributed by atoms with van der Waals surface area (Å²) >= 11 is 14.4. The number of piperidine rings is 1. The molecule has 0 aliphatic carbocycles. The van der Waals surface area contributed by atoms with E-state index in [9.17, 15) is 4.79 Å². The zero-order valence-corrected chi connectivity index (χ0v) is 13.4. The van der Waals surface area contributed by atoms with Crippen molar-refractivity contribution >= 4 is 50.6 Å². The lowest BCUT2D eigenvalue weighted by Crippen LogP contribution is -2.43. The fourth-order valence-electron chi connectivity index (χ4n) is 2.23. The summed E-state index contributed by atoms with van der Waals surface area (Å²) < 4.78 is 0.749. The maximum Gasteiger partial charge on any atom is 0.255 e. The van der Waals surface area contributed by atoms with Crippen LogP contribution in [0.3, 0.4) is 0 Å². The maximum atomic E-state index is 12.5. The molecular formula is C13H14BrClN2OS. The van der Waals surface area contributed by atoms with Gasteiger partial charge in [0.15, 0.2) is 0 Å². The van der Waals surface area contributed by atoms with Gasteiger partial charge in [-0.15, -0.1) is 0 Å². The van der Waals surface area contributed by atoms with Crippen molar-refractivity contribution in [3.8, 4) is 0 Å². The molecule has 2 rings (SSSR count). The second kappa shape index (κ2) is 6.20. The summed E-state index contributed by atoms with van der Waals surface area (Å²) in [6, 6.07) is 5.21. The van der Waals surface area contributed by atoms with Crippen LogP contribution in [0.4, 0.5) is 0 Å². The number of nitrogens with zero attached hydrogens (tertiary/aromatic N) is 1. The predicted octanol–water partition coefficient (Wildman–Crippen LogP) is 3.24. The summed E-state index contributed by atoms with van der Waals surface area (Å²) in [6.07, 6.45) is 1.88. The smallest absolute Gasteiger partial charge is 0.255 e. The fraction of sp³-hybridized carbons (Fsp3) is 0.385. The van der Waals surface area contributed by atoms with Crippen molar-refractivity contribution < 1.29 is 4.79 Å². The highest BCUT2D eigenvalue weighted by molar-refractivity contribution is 9.10. The number of carbonyl (C=O) groups excluding carboxylic acids is 1. The van der Waals surface area contributed by atoms with Gasteiger partial charge in [-0.1, -0.05) is 23.8 Å². The highest BCUT2D eigenvalue weighted by Gasteiger charge is 2.26. The molecule has 1 fully saturated rings. The van der Waals surface area contributed by atoms with E-state index in [0.29, 0.717) is 22.1 Å². The molecule has 1 heterocycles. The van der Waals surface area contributed by atoms with Gasteiger partial charge >= 0.3 is 0 Å². The molecule has 0 saturated carbocycles. The van der Waals surface area contributed by atoms with E-state index in [2.05, 4.69) is 15.9 Å². The van der Waals surface area contributed by atoms with Crippen LogP contribution >= 0.6 is 39.7 Å². The molecule has 1 unspecified atom stereocenters. The molecule has 1 atom stereocenters. The Morgan fingerprint density at radius 1 is 1.53 bits per heavy atom. The lowest BCUT2D eigenvalue weighted by molar-refractivity contribution is 0.0702. The van der Waals surface area contributed by atoms with Gasteiger partial charge in [0, 0.05) is 28.5 Å². The minimum Gasteiger partial charge on any atom is -0.393 e. The highest BCUT2D eigenvalue weighted by Crippen LogP contribution is 2.25. The molecule has 1 aromatic rings. The Kier molecular flexibility index (Phi) is 4.81. The Hall–Kier alpha value is -0.650. The largest absolute Gasteiger partial charge is 0.393 e. The third kappa shape index (κ3) is 3.46. The normalized spacial score (nSPS) is 19.3. The number of carbonyl (C=O) groups is 1. The molecule has 0 bridgehead atoms. The first kappa shape index (κ1) is 14.8. The van der Waals surface area contributed by atoms with Crippen molar-refractivity contribution in [2.75, 3.05) is 13.1 Å². The summed E-state index contributed by atoms with van der Waals surface area (Å²) in [5, 5.41) is 0.550. The van der Waals surface area contributed by atoms with E-state index >= 15 is 0 Å². The Morgan fingerprint density at radius 2 is 2.26 bits per heavy atom. The number of benzene rings is 1. The molecule has 0 radical (unpaired) electrons. The molecule has 6 heteroatoms. The molecule has 3 nitrogen and oxygen atoms in total. The molecule has 1 saturated heterocycles. The zero-order valence-electron chi connectivity index (χ0n) is 10.2. The van der Waals surface area contributed by atoms with E-state index in [1.165, 1.54) is 0 Å². The molecule has 102 valence electrons. The molecule has 0 spiro atoms. The third-order valence-corrected chi connectivity index (χ3v) is 4.53. The average Bonchev–Trinajstić information content (AvgIpc) is 2.41. The van der Waals surface area contributed by atoms with Gasteiger partial charge in [0.1, 0.15) is 0 Å². The van der Waals surface area contributed by atoms with E-state index < -0.39 is 0 Å². The number of hydrogen-bond donors (Lipinski definition) is 1. The van der Waals surface area contributed by atoms with Gasteiger partial charge in [0.2, 0.25) is 0 Å². The van der Waals surface area contributed by atoms with Gasteiger partial charge in [0.05, 0.1) is 10.6 Å². The van der Waals surface area contributed by atoms with Crippen molar-refractivity contribution in [2.45, 2.75) is 12.8 Å². The second-order valence-electron chi connectivity index (χ2n) is 4.62. The average molecular weight is 362 g/mol. The molecule has 1 aliphatic rings. The summed E-state index contributed by atoms with van der Waals surface area (Å²) in [7, 11) is 0. The summed E-state index contributed by atoms with van der Waals surface area (Å²) in [5.74, 6) is 0.0842. The SMILES string of the molecule is NC(=S)C1CCCN(C(=O)c2cc(Cl)ccc2Br)C1. The maximum absolute atomic E-state index is 12.5. The van der Waals surface area contributed by atoms with Gasteiger partial charge in [-0.25, -0.2) is 0 Å². The summed E-state index contributed by atoms with van der Waals surface area (Å²) in [4.78, 5) is 14.8. The van der Waals surface area contributed by atoms with Crippen LogP contribution in [0, 0.1) is 5.92 Å². The van der Waals surface area contributed by atoms with Crippen LogP contribution in [-0.4, -0.2) is 28.9 Å². The highest BCUT2D eigenvalue weighted by atomic mass is 79.9. The second-order valence-corrected chi connectivity index (χ2v) is 6.38. The van der Waals surface area contributed by atoms with Crippen molar-refractivity contribution in [1.29, 1.82) is 0 Å². The Morgan fingerprint density at radius 3 is 2.95 bits per heavy atom. The molecule has 1 amide bonds. The standard InChI is InChI=1S/C13H14BrClN2OS/c14-11-4-3-9(15)6-10(11)13(18)17-5-1-2-8(7-17)12(16)19/h3-4,6,8H,1-2,5,7H2,(H2,16,19). The number of halogens is 2. The molecule has 1 aromatic carbocycles. The molecule has 19 heavy (non-hydrogen) atoms. The van der Waals surface area contributed by atoms with Crippen LogP contribution in [0.5, 0.6) is 0 Å². The molecular weight excluding hydrogens is 348 g/mol. The predicted molar refractivity (Wildman–Crippen MR) is 84.6 cm³/mol. The Bertz CT molecular complexity index is 523. The lowest BCUT2D eigenvalue weighted by atomic mass is 9.97. The van der Waals surface area contributed by atoms with Crippen LogP contribution in [0.25, 0.3) is 0 Å². The zero-order chi connectivity index (χ0) is 14.0. The first-order chi connectivity index (χ1) is 8.99. The fourth-order valence-corrected chi connectivity index (χ4v) is 3.01. The van der Waals surface area contributed by atoms with E-state index in [1.54, 1.807) is 23.1 Å². The topological polar surface area (TPSA) is 46.3 Å². The number of thiocarbonyl (C=S) groups is 1. The van der Waals surface area contributed by atoms with Gasteiger partial charge in [-0.3, -0.25) is 4.79 Å². The summed E-state index contributed by atoms with van der Waals surface area (Å²) in [6.45, 7) is 1.32. The van der Waals surface area contributed by atoms with Gasteiger partial charge in [0.25, 0.3) is 5.91 Å². The number of amides is 1. The summed E-state index contributed by atoms with van der Waals surface area (Å²) in [5.41, 5.74) is 6.27. The minimum absolute atomic E-state index is 0.0321. The number of nitrogens with two attached hydrogens (primary N) is 1. The van der Waals surface area contributed by atoms with Crippen molar-refractivity contribution in [1.82, 2.24) is 4.90 Å². The first-order valence-electron chi connectivity index (χ1n) is 6.02. The monoisotopic (exact) mass is 360 g/mol. The number of rotatable bonds is 2. The van der Waals surface area contributed by atoms with E-state index in [1.807, 2.05) is 0 Å². The van der Waals surface area contributed by atoms with Crippen molar-refractivity contribution in [3.05, 3.63) is 33.3 Å².